The normalized spacial score (nSPS) is 15.7. The quantitative estimate of drug-likeness (QED) is 0.431. The van der Waals surface area contributed by atoms with Crippen molar-refractivity contribution in [2.75, 3.05) is 4.90 Å². The van der Waals surface area contributed by atoms with Gasteiger partial charge in [0.1, 0.15) is 10.6 Å². The zero-order valence-electron chi connectivity index (χ0n) is 18.4. The Morgan fingerprint density at radius 1 is 1.03 bits per heavy atom. The van der Waals surface area contributed by atoms with Gasteiger partial charge in [-0.05, 0) is 37.5 Å². The summed E-state index contributed by atoms with van der Waals surface area (Å²) >= 11 is 1.39. The second kappa shape index (κ2) is 7.67. The first-order chi connectivity index (χ1) is 15.3. The highest BCUT2D eigenvalue weighted by Crippen LogP contribution is 2.42. The van der Waals surface area contributed by atoms with E-state index in [2.05, 4.69) is 24.0 Å². The molecule has 32 heavy (non-hydrogen) atoms. The SMILES string of the molecule is Cc1ccc(C2c3c(oc4ccc(C)cc4c3=O)C(=O)N2c2nnc(CC(C)C)s2)cc1. The number of benzene rings is 2. The van der Waals surface area contributed by atoms with Crippen LogP contribution in [0.1, 0.15) is 57.7 Å². The minimum absolute atomic E-state index is 0.0811. The van der Waals surface area contributed by atoms with E-state index < -0.39 is 6.04 Å². The van der Waals surface area contributed by atoms with Crippen molar-refractivity contribution in [3.63, 3.8) is 0 Å². The van der Waals surface area contributed by atoms with Gasteiger partial charge in [-0.2, -0.15) is 0 Å². The number of aromatic nitrogens is 2. The average molecular weight is 446 g/mol. The Labute approximate surface area is 189 Å². The highest BCUT2D eigenvalue weighted by atomic mass is 32.1. The molecular formula is C25H23N3O3S. The van der Waals surface area contributed by atoms with Crippen LogP contribution in [0.2, 0.25) is 0 Å². The van der Waals surface area contributed by atoms with Gasteiger partial charge in [-0.25, -0.2) is 0 Å². The molecule has 1 aliphatic rings. The predicted octanol–water partition coefficient (Wildman–Crippen LogP) is 5.21. The molecule has 1 unspecified atom stereocenters. The van der Waals surface area contributed by atoms with Gasteiger partial charge < -0.3 is 4.42 Å². The van der Waals surface area contributed by atoms with Gasteiger partial charge in [0.05, 0.1) is 17.0 Å². The van der Waals surface area contributed by atoms with E-state index >= 15 is 0 Å². The average Bonchev–Trinajstić information content (AvgIpc) is 3.31. The van der Waals surface area contributed by atoms with Gasteiger partial charge in [0.25, 0.3) is 5.91 Å². The summed E-state index contributed by atoms with van der Waals surface area (Å²) in [5.41, 5.74) is 3.48. The predicted molar refractivity (Wildman–Crippen MR) is 126 cm³/mol. The molecule has 5 rings (SSSR count). The van der Waals surface area contributed by atoms with E-state index in [1.807, 2.05) is 50.2 Å². The van der Waals surface area contributed by atoms with Gasteiger partial charge in [-0.3, -0.25) is 14.5 Å². The van der Waals surface area contributed by atoms with E-state index in [-0.39, 0.29) is 17.1 Å². The zero-order chi connectivity index (χ0) is 22.6. The molecule has 1 atom stereocenters. The van der Waals surface area contributed by atoms with Crippen LogP contribution in [0.5, 0.6) is 0 Å². The van der Waals surface area contributed by atoms with E-state index in [1.54, 1.807) is 11.0 Å². The van der Waals surface area contributed by atoms with Gasteiger partial charge >= 0.3 is 0 Å². The number of fused-ring (bicyclic) bond motifs is 2. The molecule has 0 bridgehead atoms. The number of rotatable bonds is 4. The molecule has 0 saturated heterocycles. The lowest BCUT2D eigenvalue weighted by molar-refractivity contribution is 0.0970. The minimum Gasteiger partial charge on any atom is -0.450 e. The van der Waals surface area contributed by atoms with Crippen molar-refractivity contribution in [3.8, 4) is 0 Å². The van der Waals surface area contributed by atoms with Crippen LogP contribution in [0.25, 0.3) is 11.0 Å². The molecule has 0 radical (unpaired) electrons. The lowest BCUT2D eigenvalue weighted by atomic mass is 9.97. The highest BCUT2D eigenvalue weighted by molar-refractivity contribution is 7.15. The van der Waals surface area contributed by atoms with Crippen LogP contribution in [-0.4, -0.2) is 16.1 Å². The molecule has 3 heterocycles. The standard InChI is InChI=1S/C25H23N3O3S/c1-13(2)11-19-26-27-25(32-19)28-21(16-8-5-14(3)6-9-16)20-22(29)17-12-15(4)7-10-18(17)31-23(20)24(28)30/h5-10,12-13,21H,11H2,1-4H3. The minimum atomic E-state index is -0.612. The molecule has 0 fully saturated rings. The Morgan fingerprint density at radius 3 is 2.47 bits per heavy atom. The molecule has 6 nitrogen and oxygen atoms in total. The molecule has 1 amide bonds. The number of hydrogen-bond acceptors (Lipinski definition) is 6. The Bertz CT molecular complexity index is 1400. The fourth-order valence-electron chi connectivity index (χ4n) is 4.12. The van der Waals surface area contributed by atoms with Crippen LogP contribution in [0.4, 0.5) is 5.13 Å². The van der Waals surface area contributed by atoms with E-state index in [0.29, 0.717) is 27.6 Å². The molecule has 1 aliphatic heterocycles. The third kappa shape index (κ3) is 3.33. The fourth-order valence-corrected chi connectivity index (χ4v) is 5.20. The van der Waals surface area contributed by atoms with Gasteiger partial charge in [0.2, 0.25) is 10.9 Å². The molecule has 2 aromatic carbocycles. The van der Waals surface area contributed by atoms with Crippen molar-refractivity contribution < 1.29 is 9.21 Å². The van der Waals surface area contributed by atoms with Crippen molar-refractivity contribution in [1.82, 2.24) is 10.2 Å². The molecule has 0 N–H and O–H groups in total. The van der Waals surface area contributed by atoms with Crippen molar-refractivity contribution in [1.29, 1.82) is 0 Å². The van der Waals surface area contributed by atoms with Crippen molar-refractivity contribution in [2.24, 2.45) is 5.92 Å². The first-order valence-electron chi connectivity index (χ1n) is 10.6. The van der Waals surface area contributed by atoms with Crippen LogP contribution >= 0.6 is 11.3 Å². The molecule has 0 saturated carbocycles. The van der Waals surface area contributed by atoms with E-state index in [4.69, 9.17) is 4.42 Å². The summed E-state index contributed by atoms with van der Waals surface area (Å²) in [5.74, 6) is 0.141. The van der Waals surface area contributed by atoms with Crippen LogP contribution in [-0.2, 0) is 6.42 Å². The lowest BCUT2D eigenvalue weighted by Crippen LogP contribution is -2.29. The maximum absolute atomic E-state index is 13.6. The largest absolute Gasteiger partial charge is 0.450 e. The molecule has 4 aromatic rings. The van der Waals surface area contributed by atoms with Gasteiger partial charge in [0, 0.05) is 6.42 Å². The number of hydrogen-bond donors (Lipinski definition) is 0. The number of amides is 1. The first-order valence-corrected chi connectivity index (χ1v) is 11.4. The monoisotopic (exact) mass is 445 g/mol. The van der Waals surface area contributed by atoms with E-state index in [1.165, 1.54) is 11.3 Å². The fraction of sp³-hybridized carbons (Fsp3) is 0.280. The van der Waals surface area contributed by atoms with Crippen molar-refractivity contribution >= 4 is 33.3 Å². The molecule has 0 spiro atoms. The lowest BCUT2D eigenvalue weighted by Gasteiger charge is -2.22. The van der Waals surface area contributed by atoms with Crippen LogP contribution in [0.15, 0.2) is 51.7 Å². The third-order valence-electron chi connectivity index (χ3n) is 5.66. The second-order valence-electron chi connectivity index (χ2n) is 8.74. The van der Waals surface area contributed by atoms with E-state index in [9.17, 15) is 9.59 Å². The molecular weight excluding hydrogens is 422 g/mol. The maximum Gasteiger partial charge on any atom is 0.297 e. The molecule has 0 aliphatic carbocycles. The van der Waals surface area contributed by atoms with Gasteiger partial charge in [0.15, 0.2) is 5.43 Å². The summed E-state index contributed by atoms with van der Waals surface area (Å²) in [4.78, 5) is 28.8. The van der Waals surface area contributed by atoms with Crippen molar-refractivity contribution in [2.45, 2.75) is 40.2 Å². The number of carbonyl (C=O) groups is 1. The maximum atomic E-state index is 13.6. The van der Waals surface area contributed by atoms with Gasteiger partial charge in [-0.1, -0.05) is 66.6 Å². The second-order valence-corrected chi connectivity index (χ2v) is 9.78. The molecule has 7 heteroatoms. The summed E-state index contributed by atoms with van der Waals surface area (Å²) in [6, 6.07) is 12.7. The third-order valence-corrected chi connectivity index (χ3v) is 6.61. The number of carbonyl (C=O) groups excluding carboxylic acids is 1. The highest BCUT2D eigenvalue weighted by Gasteiger charge is 2.45. The topological polar surface area (TPSA) is 76.3 Å². The van der Waals surface area contributed by atoms with Gasteiger partial charge in [-0.15, -0.1) is 10.2 Å². The van der Waals surface area contributed by atoms with Crippen LogP contribution in [0.3, 0.4) is 0 Å². The Morgan fingerprint density at radius 2 is 1.75 bits per heavy atom. The molecule has 2 aromatic heterocycles. The van der Waals surface area contributed by atoms with Crippen LogP contribution < -0.4 is 10.3 Å². The number of anilines is 1. The summed E-state index contributed by atoms with van der Waals surface area (Å²) < 4.78 is 6.02. The van der Waals surface area contributed by atoms with Crippen LogP contribution in [0, 0.1) is 19.8 Å². The number of aryl methyl sites for hydroxylation is 2. The summed E-state index contributed by atoms with van der Waals surface area (Å²) in [5, 5.41) is 10.4. The summed E-state index contributed by atoms with van der Waals surface area (Å²) in [7, 11) is 0. The summed E-state index contributed by atoms with van der Waals surface area (Å²) in [6.07, 6.45) is 0.780. The van der Waals surface area contributed by atoms with Crippen molar-refractivity contribution in [3.05, 3.63) is 85.7 Å². The smallest absolute Gasteiger partial charge is 0.297 e. The number of nitrogens with zero attached hydrogens (tertiary/aromatic N) is 3. The zero-order valence-corrected chi connectivity index (χ0v) is 19.2. The first kappa shape index (κ1) is 20.6. The summed E-state index contributed by atoms with van der Waals surface area (Å²) in [6.45, 7) is 8.16. The Balaban J connectivity index is 1.74. The Hall–Kier alpha value is -3.32. The van der Waals surface area contributed by atoms with E-state index in [0.717, 1.165) is 28.1 Å². The Kier molecular flexibility index (Phi) is 4.93. The molecule has 162 valence electrons.